The summed E-state index contributed by atoms with van der Waals surface area (Å²) >= 11 is 0. The predicted molar refractivity (Wildman–Crippen MR) is 62.6 cm³/mol. The summed E-state index contributed by atoms with van der Waals surface area (Å²) in [4.78, 5) is 22.8. The summed E-state index contributed by atoms with van der Waals surface area (Å²) in [5, 5.41) is 11.8. The number of carboxylic acids is 1. The van der Waals surface area contributed by atoms with Gasteiger partial charge in [-0.05, 0) is 32.6 Å². The SMILES string of the molecule is CCC(C)(OC)C(=O)NC1CCC(C(=O)O)C1. The van der Waals surface area contributed by atoms with Crippen LogP contribution in [0.5, 0.6) is 0 Å². The highest BCUT2D eigenvalue weighted by molar-refractivity contribution is 5.85. The molecule has 0 radical (unpaired) electrons. The molecule has 0 bridgehead atoms. The topological polar surface area (TPSA) is 75.6 Å². The van der Waals surface area contributed by atoms with E-state index in [1.54, 1.807) is 6.92 Å². The zero-order valence-electron chi connectivity index (χ0n) is 10.7. The molecule has 0 aliphatic heterocycles. The minimum Gasteiger partial charge on any atom is -0.481 e. The number of ether oxygens (including phenoxy) is 1. The van der Waals surface area contributed by atoms with Crippen molar-refractivity contribution < 1.29 is 19.4 Å². The number of amides is 1. The van der Waals surface area contributed by atoms with Crippen LogP contribution < -0.4 is 5.32 Å². The summed E-state index contributed by atoms with van der Waals surface area (Å²) < 4.78 is 5.20. The third-order valence-corrected chi connectivity index (χ3v) is 3.72. The lowest BCUT2D eigenvalue weighted by atomic mass is 10.0. The lowest BCUT2D eigenvalue weighted by molar-refractivity contribution is -0.143. The highest BCUT2D eigenvalue weighted by Crippen LogP contribution is 2.26. The van der Waals surface area contributed by atoms with Crippen molar-refractivity contribution in [1.29, 1.82) is 0 Å². The van der Waals surface area contributed by atoms with Crippen LogP contribution in [0, 0.1) is 5.92 Å². The fourth-order valence-electron chi connectivity index (χ4n) is 2.07. The zero-order chi connectivity index (χ0) is 13.1. The summed E-state index contributed by atoms with van der Waals surface area (Å²) in [6, 6.07) is -0.0374. The Morgan fingerprint density at radius 2 is 2.12 bits per heavy atom. The minimum atomic E-state index is -0.818. The molecule has 1 aliphatic rings. The van der Waals surface area contributed by atoms with Crippen molar-refractivity contribution in [2.45, 2.75) is 51.2 Å². The highest BCUT2D eigenvalue weighted by atomic mass is 16.5. The average molecular weight is 243 g/mol. The number of hydrogen-bond donors (Lipinski definition) is 2. The molecule has 1 amide bonds. The van der Waals surface area contributed by atoms with Crippen molar-refractivity contribution in [3.05, 3.63) is 0 Å². The van der Waals surface area contributed by atoms with E-state index in [1.165, 1.54) is 7.11 Å². The van der Waals surface area contributed by atoms with Crippen molar-refractivity contribution in [2.75, 3.05) is 7.11 Å². The number of rotatable bonds is 5. The third-order valence-electron chi connectivity index (χ3n) is 3.72. The summed E-state index contributed by atoms with van der Waals surface area (Å²) in [5.74, 6) is -1.25. The van der Waals surface area contributed by atoms with Crippen molar-refractivity contribution in [3.8, 4) is 0 Å². The van der Waals surface area contributed by atoms with E-state index in [1.807, 2.05) is 6.92 Å². The van der Waals surface area contributed by atoms with Crippen LogP contribution in [0.1, 0.15) is 39.5 Å². The summed E-state index contributed by atoms with van der Waals surface area (Å²) in [6.07, 6.45) is 2.47. The van der Waals surface area contributed by atoms with Crippen molar-refractivity contribution >= 4 is 11.9 Å². The van der Waals surface area contributed by atoms with Gasteiger partial charge < -0.3 is 15.2 Å². The smallest absolute Gasteiger partial charge is 0.306 e. The molecule has 1 rings (SSSR count). The number of nitrogens with one attached hydrogen (secondary N) is 1. The van der Waals surface area contributed by atoms with Gasteiger partial charge in [-0.2, -0.15) is 0 Å². The predicted octanol–water partition coefficient (Wildman–Crippen LogP) is 1.17. The lowest BCUT2D eigenvalue weighted by Crippen LogP contribution is -2.48. The highest BCUT2D eigenvalue weighted by Gasteiger charge is 2.36. The molecule has 3 atom stereocenters. The first-order valence-electron chi connectivity index (χ1n) is 6.02. The first kappa shape index (κ1) is 14.0. The van der Waals surface area contributed by atoms with E-state index in [-0.39, 0.29) is 17.9 Å². The maximum Gasteiger partial charge on any atom is 0.306 e. The molecule has 0 aromatic heterocycles. The number of carbonyl (C=O) groups is 2. The molecule has 0 spiro atoms. The van der Waals surface area contributed by atoms with E-state index in [4.69, 9.17) is 9.84 Å². The first-order chi connectivity index (χ1) is 7.92. The van der Waals surface area contributed by atoms with Crippen molar-refractivity contribution in [2.24, 2.45) is 5.92 Å². The van der Waals surface area contributed by atoms with E-state index >= 15 is 0 Å². The van der Waals surface area contributed by atoms with Gasteiger partial charge in [-0.25, -0.2) is 0 Å². The van der Waals surface area contributed by atoms with Crippen molar-refractivity contribution in [1.82, 2.24) is 5.32 Å². The fraction of sp³-hybridized carbons (Fsp3) is 0.833. The number of aliphatic carboxylic acids is 1. The molecule has 0 aromatic rings. The van der Waals surface area contributed by atoms with Gasteiger partial charge in [0, 0.05) is 13.2 Å². The Hall–Kier alpha value is -1.10. The second-order valence-electron chi connectivity index (χ2n) is 4.81. The van der Waals surface area contributed by atoms with E-state index < -0.39 is 11.6 Å². The van der Waals surface area contributed by atoms with Gasteiger partial charge in [-0.15, -0.1) is 0 Å². The van der Waals surface area contributed by atoms with Gasteiger partial charge in [0.2, 0.25) is 0 Å². The Morgan fingerprint density at radius 3 is 2.53 bits per heavy atom. The Bertz CT molecular complexity index is 299. The number of hydrogen-bond acceptors (Lipinski definition) is 3. The Balaban J connectivity index is 2.51. The molecule has 0 heterocycles. The lowest BCUT2D eigenvalue weighted by Gasteiger charge is -2.27. The molecule has 5 heteroatoms. The molecule has 0 aromatic carbocycles. The molecule has 2 N–H and O–H groups in total. The van der Waals surface area contributed by atoms with E-state index in [9.17, 15) is 9.59 Å². The second-order valence-corrected chi connectivity index (χ2v) is 4.81. The molecule has 1 fully saturated rings. The summed E-state index contributed by atoms with van der Waals surface area (Å²) in [7, 11) is 1.51. The van der Waals surface area contributed by atoms with Gasteiger partial charge in [0.1, 0.15) is 5.60 Å². The van der Waals surface area contributed by atoms with Crippen LogP contribution in [0.25, 0.3) is 0 Å². The molecule has 5 nitrogen and oxygen atoms in total. The molecule has 1 aliphatic carbocycles. The third kappa shape index (κ3) is 3.19. The standard InChI is InChI=1S/C12H21NO4/c1-4-12(2,17-3)11(16)13-9-6-5-8(7-9)10(14)15/h8-9H,4-7H2,1-3H3,(H,13,16)(H,14,15). The van der Waals surface area contributed by atoms with Crippen LogP contribution in [0.4, 0.5) is 0 Å². The Kier molecular flexibility index (Phi) is 4.51. The van der Waals surface area contributed by atoms with E-state index in [0.29, 0.717) is 19.3 Å². The largest absolute Gasteiger partial charge is 0.481 e. The maximum absolute atomic E-state index is 12.0. The molecule has 0 saturated heterocycles. The van der Waals surface area contributed by atoms with Gasteiger partial charge in [-0.1, -0.05) is 6.92 Å². The van der Waals surface area contributed by atoms with Gasteiger partial charge in [-0.3, -0.25) is 9.59 Å². The molecule has 3 unspecified atom stereocenters. The quantitative estimate of drug-likeness (QED) is 0.760. The zero-order valence-corrected chi connectivity index (χ0v) is 10.7. The molecule has 1 saturated carbocycles. The second kappa shape index (κ2) is 5.49. The number of carbonyl (C=O) groups excluding carboxylic acids is 1. The number of carboxylic acid groups (broad SMARTS) is 1. The van der Waals surface area contributed by atoms with E-state index in [0.717, 1.165) is 6.42 Å². The molecule has 17 heavy (non-hydrogen) atoms. The average Bonchev–Trinajstić information content (AvgIpc) is 2.76. The van der Waals surface area contributed by atoms with Crippen LogP contribution >= 0.6 is 0 Å². The molecular weight excluding hydrogens is 222 g/mol. The molecular formula is C12H21NO4. The fourth-order valence-corrected chi connectivity index (χ4v) is 2.07. The van der Waals surface area contributed by atoms with Gasteiger partial charge in [0.05, 0.1) is 5.92 Å². The normalized spacial score (nSPS) is 27.5. The monoisotopic (exact) mass is 243 g/mol. The Morgan fingerprint density at radius 1 is 1.47 bits per heavy atom. The summed E-state index contributed by atoms with van der Waals surface area (Å²) in [6.45, 7) is 3.63. The van der Waals surface area contributed by atoms with Gasteiger partial charge >= 0.3 is 5.97 Å². The van der Waals surface area contributed by atoms with E-state index in [2.05, 4.69) is 5.32 Å². The van der Waals surface area contributed by atoms with Crippen LogP contribution in [-0.4, -0.2) is 35.7 Å². The van der Waals surface area contributed by atoms with Crippen molar-refractivity contribution in [3.63, 3.8) is 0 Å². The number of methoxy groups -OCH3 is 1. The first-order valence-corrected chi connectivity index (χ1v) is 6.02. The summed E-state index contributed by atoms with van der Waals surface area (Å²) in [5.41, 5.74) is -0.818. The van der Waals surface area contributed by atoms with Crippen LogP contribution in [0.2, 0.25) is 0 Å². The molecule has 98 valence electrons. The van der Waals surface area contributed by atoms with Crippen LogP contribution in [-0.2, 0) is 14.3 Å². The minimum absolute atomic E-state index is 0.0374. The van der Waals surface area contributed by atoms with Gasteiger partial charge in [0.25, 0.3) is 5.91 Å². The van der Waals surface area contributed by atoms with Crippen LogP contribution in [0.3, 0.4) is 0 Å². The maximum atomic E-state index is 12.0. The van der Waals surface area contributed by atoms with Gasteiger partial charge in [0.15, 0.2) is 0 Å². The Labute approximate surface area is 102 Å². The van der Waals surface area contributed by atoms with Crippen LogP contribution in [0.15, 0.2) is 0 Å².